The van der Waals surface area contributed by atoms with Crippen LogP contribution in [0.3, 0.4) is 0 Å². The molecule has 3 nitrogen and oxygen atoms in total. The maximum absolute atomic E-state index is 12.2. The lowest BCUT2D eigenvalue weighted by atomic mass is 9.97. The van der Waals surface area contributed by atoms with E-state index < -0.39 is 30.5 Å². The molecule has 1 fully saturated rings. The van der Waals surface area contributed by atoms with Gasteiger partial charge in [-0.3, -0.25) is 4.79 Å². The van der Waals surface area contributed by atoms with E-state index in [1.807, 2.05) is 0 Å². The predicted octanol–water partition coefficient (Wildman–Crippen LogP) is 1.00. The Labute approximate surface area is 72.9 Å². The fourth-order valence-electron chi connectivity index (χ4n) is 1.58. The lowest BCUT2D eigenvalue weighted by molar-refractivity contribution is -0.163. The maximum Gasteiger partial charge on any atom is 0.404 e. The SMILES string of the molecule is O=C(O)CC1CCNC1C(F)(F)F. The monoisotopic (exact) mass is 197 g/mol. The van der Waals surface area contributed by atoms with Crippen LogP contribution in [-0.2, 0) is 4.79 Å². The minimum Gasteiger partial charge on any atom is -0.481 e. The molecule has 76 valence electrons. The standard InChI is InChI=1S/C7H10F3NO2/c8-7(9,10)6-4(1-2-11-6)3-5(12)13/h4,6,11H,1-3H2,(H,12,13). The third-order valence-electron chi connectivity index (χ3n) is 2.14. The Morgan fingerprint density at radius 2 is 2.15 bits per heavy atom. The van der Waals surface area contributed by atoms with E-state index in [0.29, 0.717) is 0 Å². The van der Waals surface area contributed by atoms with E-state index >= 15 is 0 Å². The van der Waals surface area contributed by atoms with Crippen LogP contribution < -0.4 is 5.32 Å². The fraction of sp³-hybridized carbons (Fsp3) is 0.857. The molecule has 0 bridgehead atoms. The van der Waals surface area contributed by atoms with Crippen LogP contribution in [-0.4, -0.2) is 29.8 Å². The van der Waals surface area contributed by atoms with E-state index in [-0.39, 0.29) is 13.0 Å². The first-order chi connectivity index (χ1) is 5.91. The highest BCUT2D eigenvalue weighted by Crippen LogP contribution is 2.32. The van der Waals surface area contributed by atoms with E-state index in [0.717, 1.165) is 0 Å². The molecule has 1 aliphatic rings. The van der Waals surface area contributed by atoms with Gasteiger partial charge in [-0.1, -0.05) is 0 Å². The molecule has 1 aliphatic heterocycles. The Morgan fingerprint density at radius 1 is 1.54 bits per heavy atom. The van der Waals surface area contributed by atoms with E-state index in [2.05, 4.69) is 5.32 Å². The smallest absolute Gasteiger partial charge is 0.404 e. The summed E-state index contributed by atoms with van der Waals surface area (Å²) in [5, 5.41) is 10.6. The molecule has 0 radical (unpaired) electrons. The molecule has 1 heterocycles. The van der Waals surface area contributed by atoms with Crippen molar-refractivity contribution in [2.45, 2.75) is 25.1 Å². The molecule has 0 aliphatic carbocycles. The minimum atomic E-state index is -4.34. The Bertz CT molecular complexity index is 204. The van der Waals surface area contributed by atoms with Gasteiger partial charge in [-0.2, -0.15) is 13.2 Å². The normalized spacial score (nSPS) is 29.2. The van der Waals surface area contributed by atoms with Crippen molar-refractivity contribution in [2.75, 3.05) is 6.54 Å². The molecule has 0 aromatic rings. The van der Waals surface area contributed by atoms with Gasteiger partial charge in [0.15, 0.2) is 0 Å². The van der Waals surface area contributed by atoms with E-state index in [1.54, 1.807) is 0 Å². The van der Waals surface area contributed by atoms with Crippen LogP contribution in [0.25, 0.3) is 0 Å². The number of alkyl halides is 3. The summed E-state index contributed by atoms with van der Waals surface area (Å²) in [6.45, 7) is 0.238. The van der Waals surface area contributed by atoms with Gasteiger partial charge in [0.05, 0.1) is 6.42 Å². The summed E-state index contributed by atoms with van der Waals surface area (Å²) < 4.78 is 36.6. The first-order valence-corrected chi connectivity index (χ1v) is 3.93. The number of carboxylic acid groups (broad SMARTS) is 1. The second-order valence-corrected chi connectivity index (χ2v) is 3.12. The summed E-state index contributed by atoms with van der Waals surface area (Å²) in [6, 6.07) is -1.65. The van der Waals surface area contributed by atoms with Crippen LogP contribution in [0.5, 0.6) is 0 Å². The molecule has 2 atom stereocenters. The third kappa shape index (κ3) is 2.58. The second-order valence-electron chi connectivity index (χ2n) is 3.12. The van der Waals surface area contributed by atoms with Gasteiger partial charge in [0, 0.05) is 0 Å². The lowest BCUT2D eigenvalue weighted by Crippen LogP contribution is -2.42. The number of rotatable bonds is 2. The van der Waals surface area contributed by atoms with Gasteiger partial charge < -0.3 is 10.4 Å². The van der Waals surface area contributed by atoms with Crippen LogP contribution in [0.15, 0.2) is 0 Å². The third-order valence-corrected chi connectivity index (χ3v) is 2.14. The highest BCUT2D eigenvalue weighted by Gasteiger charge is 2.47. The summed E-state index contributed by atoms with van der Waals surface area (Å²) in [6.07, 6.45) is -4.48. The molecular weight excluding hydrogens is 187 g/mol. The van der Waals surface area contributed by atoms with Crippen LogP contribution in [0.2, 0.25) is 0 Å². The van der Waals surface area contributed by atoms with E-state index in [1.165, 1.54) is 0 Å². The zero-order valence-electron chi connectivity index (χ0n) is 6.77. The number of halogens is 3. The number of hydrogen-bond acceptors (Lipinski definition) is 2. The van der Waals surface area contributed by atoms with Gasteiger partial charge in [0.25, 0.3) is 0 Å². The number of hydrogen-bond donors (Lipinski definition) is 2. The Kier molecular flexibility index (Phi) is 2.80. The summed E-state index contributed by atoms with van der Waals surface area (Å²) in [5.41, 5.74) is 0. The van der Waals surface area contributed by atoms with Crippen molar-refractivity contribution >= 4 is 5.97 Å². The summed E-state index contributed by atoms with van der Waals surface area (Å²) >= 11 is 0. The number of carbonyl (C=O) groups is 1. The van der Waals surface area contributed by atoms with Crippen molar-refractivity contribution in [3.63, 3.8) is 0 Å². The van der Waals surface area contributed by atoms with Crippen LogP contribution in [0.4, 0.5) is 13.2 Å². The van der Waals surface area contributed by atoms with Gasteiger partial charge in [-0.25, -0.2) is 0 Å². The molecule has 1 rings (SSSR count). The predicted molar refractivity (Wildman–Crippen MR) is 38.2 cm³/mol. The van der Waals surface area contributed by atoms with Crippen molar-refractivity contribution < 1.29 is 23.1 Å². The average Bonchev–Trinajstić information content (AvgIpc) is 2.31. The zero-order chi connectivity index (χ0) is 10.1. The average molecular weight is 197 g/mol. The lowest BCUT2D eigenvalue weighted by Gasteiger charge is -2.20. The van der Waals surface area contributed by atoms with E-state index in [9.17, 15) is 18.0 Å². The molecule has 0 amide bonds. The zero-order valence-corrected chi connectivity index (χ0v) is 6.77. The molecule has 2 N–H and O–H groups in total. The highest BCUT2D eigenvalue weighted by atomic mass is 19.4. The minimum absolute atomic E-state index is 0.238. The van der Waals surface area contributed by atoms with Crippen molar-refractivity contribution in [1.82, 2.24) is 5.32 Å². The van der Waals surface area contributed by atoms with Crippen LogP contribution in [0.1, 0.15) is 12.8 Å². The van der Waals surface area contributed by atoms with Gasteiger partial charge in [0.2, 0.25) is 0 Å². The molecular formula is C7H10F3NO2. The Morgan fingerprint density at radius 3 is 2.62 bits per heavy atom. The number of carboxylic acids is 1. The van der Waals surface area contributed by atoms with Crippen LogP contribution >= 0.6 is 0 Å². The largest absolute Gasteiger partial charge is 0.481 e. The summed E-state index contributed by atoms with van der Waals surface area (Å²) in [4.78, 5) is 10.2. The Hall–Kier alpha value is -0.780. The van der Waals surface area contributed by atoms with Gasteiger partial charge in [-0.05, 0) is 18.9 Å². The molecule has 0 aromatic carbocycles. The first kappa shape index (κ1) is 10.3. The molecule has 6 heteroatoms. The quantitative estimate of drug-likeness (QED) is 0.694. The first-order valence-electron chi connectivity index (χ1n) is 3.93. The summed E-state index contributed by atoms with van der Waals surface area (Å²) in [5.74, 6) is -2.00. The van der Waals surface area contributed by atoms with Gasteiger partial charge in [-0.15, -0.1) is 0 Å². The van der Waals surface area contributed by atoms with Gasteiger partial charge in [0.1, 0.15) is 6.04 Å². The Balaban J connectivity index is 2.59. The molecule has 1 saturated heterocycles. The molecule has 13 heavy (non-hydrogen) atoms. The number of aliphatic carboxylic acids is 1. The van der Waals surface area contributed by atoms with Crippen molar-refractivity contribution in [3.8, 4) is 0 Å². The second kappa shape index (κ2) is 3.53. The molecule has 0 spiro atoms. The highest BCUT2D eigenvalue weighted by molar-refractivity contribution is 5.67. The topological polar surface area (TPSA) is 49.3 Å². The van der Waals surface area contributed by atoms with Crippen molar-refractivity contribution in [3.05, 3.63) is 0 Å². The van der Waals surface area contributed by atoms with Gasteiger partial charge >= 0.3 is 12.1 Å². The maximum atomic E-state index is 12.2. The molecule has 0 saturated carbocycles. The summed E-state index contributed by atoms with van der Waals surface area (Å²) in [7, 11) is 0. The molecule has 0 aromatic heterocycles. The molecule has 2 unspecified atom stereocenters. The van der Waals surface area contributed by atoms with Crippen molar-refractivity contribution in [1.29, 1.82) is 0 Å². The van der Waals surface area contributed by atoms with Crippen LogP contribution in [0, 0.1) is 5.92 Å². The fourth-order valence-corrected chi connectivity index (χ4v) is 1.58. The van der Waals surface area contributed by atoms with E-state index in [4.69, 9.17) is 5.11 Å². The van der Waals surface area contributed by atoms with Crippen molar-refractivity contribution in [2.24, 2.45) is 5.92 Å². The number of nitrogens with one attached hydrogen (secondary N) is 1.